The van der Waals surface area contributed by atoms with Crippen LogP contribution in [0.25, 0.3) is 11.4 Å². The highest BCUT2D eigenvalue weighted by molar-refractivity contribution is 5.58. The molecule has 7 nitrogen and oxygen atoms in total. The highest BCUT2D eigenvalue weighted by Gasteiger charge is 2.22. The zero-order valence-electron chi connectivity index (χ0n) is 16.2. The van der Waals surface area contributed by atoms with Crippen molar-refractivity contribution in [1.82, 2.24) is 24.8 Å². The number of nitrogens with zero attached hydrogens (tertiary/aromatic N) is 3. The Morgan fingerprint density at radius 3 is 2.82 bits per heavy atom. The molecule has 2 aromatic heterocycles. The zero-order valence-corrected chi connectivity index (χ0v) is 16.2. The molecule has 0 bridgehead atoms. The Bertz CT molecular complexity index is 1000. The molecular formula is C21H26N6O. The molecule has 1 aromatic carbocycles. The van der Waals surface area contributed by atoms with Crippen LogP contribution in [-0.4, -0.2) is 31.4 Å². The van der Waals surface area contributed by atoms with Gasteiger partial charge in [0.1, 0.15) is 11.6 Å². The van der Waals surface area contributed by atoms with E-state index in [2.05, 4.69) is 26.8 Å². The van der Waals surface area contributed by atoms with Crippen LogP contribution in [0.2, 0.25) is 0 Å². The molecule has 7 heteroatoms. The molecule has 4 N–H and O–H groups in total. The van der Waals surface area contributed by atoms with Crippen LogP contribution in [0.4, 0.5) is 5.69 Å². The summed E-state index contributed by atoms with van der Waals surface area (Å²) in [6.07, 6.45) is 5.95. The minimum atomic E-state index is -0.0604. The third-order valence-electron chi connectivity index (χ3n) is 5.17. The van der Waals surface area contributed by atoms with Crippen LogP contribution in [0.15, 0.2) is 35.3 Å². The monoisotopic (exact) mass is 378 g/mol. The molecule has 4 rings (SSSR count). The first-order valence-electron chi connectivity index (χ1n) is 9.85. The number of hydrogen-bond acceptors (Lipinski definition) is 5. The highest BCUT2D eigenvalue weighted by Crippen LogP contribution is 2.20. The smallest absolute Gasteiger partial charge is 0.255 e. The third-order valence-corrected chi connectivity index (χ3v) is 5.17. The molecule has 0 unspecified atom stereocenters. The van der Waals surface area contributed by atoms with E-state index in [-0.39, 0.29) is 5.56 Å². The highest BCUT2D eigenvalue weighted by atomic mass is 16.1. The van der Waals surface area contributed by atoms with Gasteiger partial charge in [0.25, 0.3) is 5.56 Å². The average Bonchev–Trinajstić information content (AvgIpc) is 3.14. The van der Waals surface area contributed by atoms with Crippen molar-refractivity contribution >= 4 is 5.69 Å². The minimum absolute atomic E-state index is 0.0604. The number of nitrogens with one attached hydrogen (secondary N) is 2. The van der Waals surface area contributed by atoms with E-state index in [4.69, 9.17) is 10.7 Å². The van der Waals surface area contributed by atoms with Gasteiger partial charge in [-0.1, -0.05) is 13.3 Å². The summed E-state index contributed by atoms with van der Waals surface area (Å²) in [6, 6.07) is 7.39. The molecule has 3 heterocycles. The number of rotatable bonds is 6. The van der Waals surface area contributed by atoms with Crippen LogP contribution >= 0.6 is 0 Å². The number of anilines is 1. The number of benzene rings is 1. The number of imidazole rings is 1. The van der Waals surface area contributed by atoms with E-state index in [0.29, 0.717) is 18.1 Å². The first kappa shape index (κ1) is 18.4. The van der Waals surface area contributed by atoms with Crippen molar-refractivity contribution in [3.8, 4) is 11.4 Å². The Balaban J connectivity index is 1.49. The quantitative estimate of drug-likeness (QED) is 0.572. The minimum Gasteiger partial charge on any atom is -0.399 e. The van der Waals surface area contributed by atoms with Crippen LogP contribution in [0.5, 0.6) is 0 Å². The maximum Gasteiger partial charge on any atom is 0.255 e. The fraction of sp³-hybridized carbons (Fsp3) is 0.381. The van der Waals surface area contributed by atoms with Crippen LogP contribution in [0.1, 0.15) is 42.5 Å². The molecule has 0 fully saturated rings. The van der Waals surface area contributed by atoms with Gasteiger partial charge in [-0.25, -0.2) is 9.97 Å². The molecule has 0 amide bonds. The molecule has 0 spiro atoms. The van der Waals surface area contributed by atoms with E-state index in [1.807, 2.05) is 30.5 Å². The van der Waals surface area contributed by atoms with Gasteiger partial charge in [0.15, 0.2) is 0 Å². The van der Waals surface area contributed by atoms with Gasteiger partial charge in [-0.15, -0.1) is 0 Å². The Morgan fingerprint density at radius 2 is 2.04 bits per heavy atom. The Labute approximate surface area is 164 Å². The van der Waals surface area contributed by atoms with Gasteiger partial charge in [-0.2, -0.15) is 0 Å². The summed E-state index contributed by atoms with van der Waals surface area (Å²) < 4.78 is 0. The van der Waals surface area contributed by atoms with Gasteiger partial charge in [-0.05, 0) is 30.7 Å². The molecule has 146 valence electrons. The van der Waals surface area contributed by atoms with Gasteiger partial charge < -0.3 is 15.7 Å². The van der Waals surface area contributed by atoms with Gasteiger partial charge in [0, 0.05) is 55.6 Å². The number of unbranched alkanes of at least 4 members (excludes halogenated alkanes) is 1. The van der Waals surface area contributed by atoms with Gasteiger partial charge >= 0.3 is 0 Å². The van der Waals surface area contributed by atoms with Crippen molar-refractivity contribution in [3.05, 3.63) is 63.6 Å². The fourth-order valence-corrected chi connectivity index (χ4v) is 3.59. The Morgan fingerprint density at radius 1 is 1.21 bits per heavy atom. The fourth-order valence-electron chi connectivity index (χ4n) is 3.59. The lowest BCUT2D eigenvalue weighted by atomic mass is 10.1. The molecule has 3 aromatic rings. The summed E-state index contributed by atoms with van der Waals surface area (Å²) in [6.45, 7) is 4.41. The predicted octanol–water partition coefficient (Wildman–Crippen LogP) is 2.64. The van der Waals surface area contributed by atoms with Crippen LogP contribution in [0.3, 0.4) is 0 Å². The van der Waals surface area contributed by atoms with Crippen LogP contribution in [0, 0.1) is 0 Å². The second-order valence-corrected chi connectivity index (χ2v) is 7.38. The van der Waals surface area contributed by atoms with E-state index in [1.165, 1.54) is 0 Å². The lowest BCUT2D eigenvalue weighted by Gasteiger charge is -2.27. The Kier molecular flexibility index (Phi) is 5.25. The summed E-state index contributed by atoms with van der Waals surface area (Å²) in [5.74, 6) is 1.65. The second kappa shape index (κ2) is 7.98. The first-order valence-corrected chi connectivity index (χ1v) is 9.85. The van der Waals surface area contributed by atoms with Crippen molar-refractivity contribution in [2.24, 2.45) is 0 Å². The molecule has 0 saturated heterocycles. The number of aromatic nitrogens is 4. The van der Waals surface area contributed by atoms with E-state index in [0.717, 1.165) is 67.1 Å². The second-order valence-electron chi connectivity index (χ2n) is 7.38. The van der Waals surface area contributed by atoms with Crippen LogP contribution < -0.4 is 11.3 Å². The first-order chi connectivity index (χ1) is 13.6. The maximum absolute atomic E-state index is 12.7. The topological polar surface area (TPSA) is 104 Å². The molecule has 0 radical (unpaired) electrons. The molecule has 0 saturated carbocycles. The largest absolute Gasteiger partial charge is 0.399 e. The van der Waals surface area contributed by atoms with Crippen molar-refractivity contribution < 1.29 is 0 Å². The molecule has 0 atom stereocenters. The van der Waals surface area contributed by atoms with Gasteiger partial charge in [0.2, 0.25) is 0 Å². The normalized spacial score (nSPS) is 14.2. The van der Waals surface area contributed by atoms with Crippen molar-refractivity contribution in [1.29, 1.82) is 0 Å². The summed E-state index contributed by atoms with van der Waals surface area (Å²) >= 11 is 0. The van der Waals surface area contributed by atoms with E-state index in [1.54, 1.807) is 0 Å². The summed E-state index contributed by atoms with van der Waals surface area (Å²) in [5, 5.41) is 0. The Hall–Kier alpha value is -2.93. The molecule has 1 aliphatic heterocycles. The molecule has 0 aliphatic carbocycles. The zero-order chi connectivity index (χ0) is 19.5. The standard InChI is InChI=1S/C21H26N6O/c1-2-3-4-19-23-11-16(24-19)12-27-10-9-18-17(13-27)21(28)26-20(25-18)14-5-7-15(22)8-6-14/h5-8,11H,2-4,9-10,12-13,22H2,1H3,(H,23,24)(H,25,26,28). The summed E-state index contributed by atoms with van der Waals surface area (Å²) in [5.41, 5.74) is 9.99. The third kappa shape index (κ3) is 3.99. The molecular weight excluding hydrogens is 352 g/mol. The SMILES string of the molecule is CCCCc1ncc(CN2CCc3nc(-c4ccc(N)cc4)[nH]c(=O)c3C2)[nH]1. The number of fused-ring (bicyclic) bond motifs is 1. The number of H-pyrrole nitrogens is 2. The van der Waals surface area contributed by atoms with Crippen molar-refractivity contribution in [3.63, 3.8) is 0 Å². The van der Waals surface area contributed by atoms with E-state index >= 15 is 0 Å². The number of nitrogen functional groups attached to an aromatic ring is 1. The van der Waals surface area contributed by atoms with Crippen molar-refractivity contribution in [2.45, 2.75) is 45.7 Å². The number of nitrogens with two attached hydrogens (primary N) is 1. The van der Waals surface area contributed by atoms with Gasteiger partial charge in [0.05, 0.1) is 11.3 Å². The number of hydrogen-bond donors (Lipinski definition) is 3. The van der Waals surface area contributed by atoms with E-state index < -0.39 is 0 Å². The number of aromatic amines is 2. The lowest BCUT2D eigenvalue weighted by Crippen LogP contribution is -2.35. The molecule has 28 heavy (non-hydrogen) atoms. The number of aryl methyl sites for hydroxylation is 1. The van der Waals surface area contributed by atoms with Crippen molar-refractivity contribution in [2.75, 3.05) is 12.3 Å². The maximum atomic E-state index is 12.7. The molecule has 1 aliphatic rings. The summed E-state index contributed by atoms with van der Waals surface area (Å²) in [7, 11) is 0. The lowest BCUT2D eigenvalue weighted by molar-refractivity contribution is 0.239. The predicted molar refractivity (Wildman–Crippen MR) is 110 cm³/mol. The summed E-state index contributed by atoms with van der Waals surface area (Å²) in [4.78, 5) is 30.4. The van der Waals surface area contributed by atoms with Gasteiger partial charge in [-0.3, -0.25) is 9.69 Å². The van der Waals surface area contributed by atoms with Crippen LogP contribution in [-0.2, 0) is 25.9 Å². The van der Waals surface area contributed by atoms with E-state index in [9.17, 15) is 4.79 Å². The average molecular weight is 378 g/mol.